The molecule has 4 atom stereocenters. The van der Waals surface area contributed by atoms with Crippen LogP contribution in [-0.4, -0.2) is 36.5 Å². The first kappa shape index (κ1) is 20.3. The Balaban J connectivity index is 1.36. The van der Waals surface area contributed by atoms with Crippen LogP contribution in [0.4, 0.5) is 0 Å². The summed E-state index contributed by atoms with van der Waals surface area (Å²) in [4.78, 5) is 14.1. The predicted molar refractivity (Wildman–Crippen MR) is 116 cm³/mol. The number of hydrogen-bond acceptors (Lipinski definition) is 4. The molecule has 1 unspecified atom stereocenters. The zero-order valence-corrected chi connectivity index (χ0v) is 17.8. The molecule has 0 aromatic heterocycles. The summed E-state index contributed by atoms with van der Waals surface area (Å²) in [7, 11) is 0. The summed E-state index contributed by atoms with van der Waals surface area (Å²) in [5.41, 5.74) is 1.59. The SMILES string of the molecule is O=C(C[NH+]1CC[C@]2(O)CCCC[C@@H]2[C@H]1c1ccc2c(c1)OCO2)NCc1ccccc1. The molecule has 5 rings (SSSR count). The van der Waals surface area contributed by atoms with E-state index in [1.165, 1.54) is 4.90 Å². The maximum absolute atomic E-state index is 12.8. The molecule has 6 nitrogen and oxygen atoms in total. The lowest BCUT2D eigenvalue weighted by molar-refractivity contribution is -0.937. The fourth-order valence-electron chi connectivity index (χ4n) is 5.69. The Bertz CT molecular complexity index is 934. The van der Waals surface area contributed by atoms with Crippen molar-refractivity contribution in [2.75, 3.05) is 19.9 Å². The summed E-state index contributed by atoms with van der Waals surface area (Å²) in [5.74, 6) is 1.72. The van der Waals surface area contributed by atoms with Crippen LogP contribution in [0.3, 0.4) is 0 Å². The van der Waals surface area contributed by atoms with Crippen molar-refractivity contribution < 1.29 is 24.3 Å². The van der Waals surface area contributed by atoms with Crippen LogP contribution in [0.15, 0.2) is 48.5 Å². The fourth-order valence-corrected chi connectivity index (χ4v) is 5.69. The Morgan fingerprint density at radius 2 is 1.94 bits per heavy atom. The van der Waals surface area contributed by atoms with Gasteiger partial charge in [-0.2, -0.15) is 0 Å². The summed E-state index contributed by atoms with van der Waals surface area (Å²) in [6.07, 6.45) is 4.80. The van der Waals surface area contributed by atoms with E-state index in [9.17, 15) is 9.90 Å². The molecule has 1 saturated heterocycles. The highest BCUT2D eigenvalue weighted by molar-refractivity contribution is 5.76. The van der Waals surface area contributed by atoms with Gasteiger partial charge in [-0.05, 0) is 36.6 Å². The summed E-state index contributed by atoms with van der Waals surface area (Å²) in [6, 6.07) is 16.1. The fraction of sp³-hybridized carbons (Fsp3) is 0.480. The Labute approximate surface area is 183 Å². The van der Waals surface area contributed by atoms with Crippen molar-refractivity contribution in [2.24, 2.45) is 5.92 Å². The zero-order chi connectivity index (χ0) is 21.3. The summed E-state index contributed by atoms with van der Waals surface area (Å²) < 4.78 is 11.1. The number of aliphatic hydroxyl groups is 1. The van der Waals surface area contributed by atoms with Crippen molar-refractivity contribution in [1.29, 1.82) is 0 Å². The van der Waals surface area contributed by atoms with E-state index in [4.69, 9.17) is 9.47 Å². The van der Waals surface area contributed by atoms with Gasteiger partial charge in [0.05, 0.1) is 12.1 Å². The molecule has 6 heteroatoms. The average molecular weight is 424 g/mol. The first-order valence-electron chi connectivity index (χ1n) is 11.4. The monoisotopic (exact) mass is 423 g/mol. The van der Waals surface area contributed by atoms with Gasteiger partial charge in [0.15, 0.2) is 18.0 Å². The van der Waals surface area contributed by atoms with Crippen LogP contribution >= 0.6 is 0 Å². The number of benzene rings is 2. The minimum Gasteiger partial charge on any atom is -0.454 e. The molecule has 1 amide bonds. The minimum absolute atomic E-state index is 0.0471. The summed E-state index contributed by atoms with van der Waals surface area (Å²) in [6.45, 7) is 1.97. The standard InChI is InChI=1S/C25H30N2O4/c28-23(26-15-18-6-2-1-3-7-18)16-27-13-12-25(29)11-5-4-8-20(25)24(27)19-9-10-21-22(14-19)31-17-30-21/h1-3,6-7,9-10,14,20,24,29H,4-5,8,11-13,15-17H2,(H,26,28)/p+1/t20-,24-,25-/m1/s1. The van der Waals surface area contributed by atoms with Gasteiger partial charge in [0.25, 0.3) is 5.91 Å². The third-order valence-electron chi connectivity index (χ3n) is 7.26. The van der Waals surface area contributed by atoms with E-state index >= 15 is 0 Å². The smallest absolute Gasteiger partial charge is 0.275 e. The molecular formula is C25H31N2O4+. The van der Waals surface area contributed by atoms with Crippen molar-refractivity contribution in [3.05, 3.63) is 59.7 Å². The third-order valence-corrected chi connectivity index (χ3v) is 7.26. The quantitative estimate of drug-likeness (QED) is 0.688. The molecule has 2 aromatic carbocycles. The van der Waals surface area contributed by atoms with Gasteiger partial charge in [-0.1, -0.05) is 43.2 Å². The number of amides is 1. The Hall–Kier alpha value is -2.57. The van der Waals surface area contributed by atoms with E-state index in [2.05, 4.69) is 17.4 Å². The number of quaternary nitrogens is 1. The lowest BCUT2D eigenvalue weighted by atomic mass is 9.66. The van der Waals surface area contributed by atoms with E-state index < -0.39 is 5.60 Å². The average Bonchev–Trinajstić information content (AvgIpc) is 3.26. The molecule has 1 saturated carbocycles. The van der Waals surface area contributed by atoms with Gasteiger partial charge >= 0.3 is 0 Å². The van der Waals surface area contributed by atoms with Crippen LogP contribution in [0.25, 0.3) is 0 Å². The topological polar surface area (TPSA) is 72.2 Å². The van der Waals surface area contributed by atoms with Crippen LogP contribution in [0.1, 0.15) is 49.3 Å². The van der Waals surface area contributed by atoms with Crippen molar-refractivity contribution >= 4 is 5.91 Å². The molecule has 1 aliphatic carbocycles. The van der Waals surface area contributed by atoms with E-state index in [0.717, 1.165) is 61.3 Å². The van der Waals surface area contributed by atoms with Crippen molar-refractivity contribution in [1.82, 2.24) is 5.32 Å². The van der Waals surface area contributed by atoms with E-state index in [0.29, 0.717) is 13.1 Å². The van der Waals surface area contributed by atoms with Crippen LogP contribution in [-0.2, 0) is 11.3 Å². The first-order chi connectivity index (χ1) is 15.1. The van der Waals surface area contributed by atoms with Crippen LogP contribution in [0, 0.1) is 5.92 Å². The number of rotatable bonds is 5. The molecule has 3 N–H and O–H groups in total. The largest absolute Gasteiger partial charge is 0.454 e. The highest BCUT2D eigenvalue weighted by Crippen LogP contribution is 2.45. The highest BCUT2D eigenvalue weighted by Gasteiger charge is 2.52. The molecule has 2 heterocycles. The lowest BCUT2D eigenvalue weighted by Crippen LogP contribution is -3.16. The molecule has 0 spiro atoms. The number of carbonyl (C=O) groups excluding carboxylic acids is 1. The number of piperidine rings is 1. The normalized spacial score (nSPS) is 29.3. The predicted octanol–water partition coefficient (Wildman–Crippen LogP) is 1.98. The molecule has 3 aliphatic rings. The lowest BCUT2D eigenvalue weighted by Gasteiger charge is -2.50. The third kappa shape index (κ3) is 4.14. The van der Waals surface area contributed by atoms with E-state index in [1.54, 1.807) is 0 Å². The van der Waals surface area contributed by atoms with E-state index in [-0.39, 0.29) is 24.7 Å². The summed E-state index contributed by atoms with van der Waals surface area (Å²) >= 11 is 0. The van der Waals surface area contributed by atoms with Gasteiger partial charge in [-0.15, -0.1) is 0 Å². The zero-order valence-electron chi connectivity index (χ0n) is 17.8. The maximum atomic E-state index is 12.8. The number of ether oxygens (including phenoxy) is 2. The van der Waals surface area contributed by atoms with Crippen LogP contribution in [0.2, 0.25) is 0 Å². The van der Waals surface area contributed by atoms with Crippen molar-refractivity contribution in [3.8, 4) is 11.5 Å². The Morgan fingerprint density at radius 1 is 1.10 bits per heavy atom. The number of nitrogens with one attached hydrogen (secondary N) is 2. The van der Waals surface area contributed by atoms with Gasteiger partial charge in [0.2, 0.25) is 6.79 Å². The molecule has 31 heavy (non-hydrogen) atoms. The minimum atomic E-state index is -0.636. The summed E-state index contributed by atoms with van der Waals surface area (Å²) in [5, 5.41) is 14.5. The van der Waals surface area contributed by atoms with Gasteiger partial charge in [0.1, 0.15) is 6.04 Å². The first-order valence-corrected chi connectivity index (χ1v) is 11.4. The van der Waals surface area contributed by atoms with Gasteiger partial charge in [-0.25, -0.2) is 0 Å². The molecule has 2 fully saturated rings. The molecular weight excluding hydrogens is 392 g/mol. The number of likely N-dealkylation sites (tertiary alicyclic amines) is 1. The van der Waals surface area contributed by atoms with Crippen LogP contribution < -0.4 is 19.7 Å². The molecule has 164 valence electrons. The second-order valence-electron chi connectivity index (χ2n) is 9.14. The Morgan fingerprint density at radius 3 is 2.81 bits per heavy atom. The second-order valence-corrected chi connectivity index (χ2v) is 9.14. The van der Waals surface area contributed by atoms with Gasteiger partial charge in [-0.3, -0.25) is 4.79 Å². The van der Waals surface area contributed by atoms with Crippen molar-refractivity contribution in [3.63, 3.8) is 0 Å². The molecule has 0 radical (unpaired) electrons. The number of hydrogen-bond donors (Lipinski definition) is 3. The number of fused-ring (bicyclic) bond motifs is 2. The maximum Gasteiger partial charge on any atom is 0.275 e. The molecule has 0 bridgehead atoms. The number of carbonyl (C=O) groups is 1. The highest BCUT2D eigenvalue weighted by atomic mass is 16.7. The molecule has 2 aromatic rings. The van der Waals surface area contributed by atoms with Gasteiger partial charge in [0, 0.05) is 24.4 Å². The Kier molecular flexibility index (Phi) is 5.59. The van der Waals surface area contributed by atoms with Gasteiger partial charge < -0.3 is 24.8 Å². The van der Waals surface area contributed by atoms with Crippen molar-refractivity contribution in [2.45, 2.75) is 50.3 Å². The van der Waals surface area contributed by atoms with E-state index in [1.807, 2.05) is 36.4 Å². The second kappa shape index (κ2) is 8.52. The van der Waals surface area contributed by atoms with Crippen LogP contribution in [0.5, 0.6) is 11.5 Å². The molecule has 2 aliphatic heterocycles.